The molecule has 3 rings (SSSR count). The maximum atomic E-state index is 13.4. The van der Waals surface area contributed by atoms with Crippen LogP contribution in [0.4, 0.5) is 4.39 Å². The summed E-state index contributed by atoms with van der Waals surface area (Å²) in [5.74, 6) is -0.435. The van der Waals surface area contributed by atoms with Crippen molar-refractivity contribution in [3.63, 3.8) is 0 Å². The summed E-state index contributed by atoms with van der Waals surface area (Å²) in [6.07, 6.45) is 2.45. The molecule has 0 saturated heterocycles. The van der Waals surface area contributed by atoms with Gasteiger partial charge in [0.05, 0.1) is 11.8 Å². The largest absolute Gasteiger partial charge is 0.463 e. The van der Waals surface area contributed by atoms with E-state index in [9.17, 15) is 9.18 Å². The lowest BCUT2D eigenvalue weighted by atomic mass is 10.2. The van der Waals surface area contributed by atoms with Gasteiger partial charge in [0.15, 0.2) is 5.58 Å². The predicted molar refractivity (Wildman–Crippen MR) is 82.3 cm³/mol. The zero-order valence-corrected chi connectivity index (χ0v) is 12.3. The van der Waals surface area contributed by atoms with Crippen molar-refractivity contribution in [3.05, 3.63) is 59.7 Å². The Balaban J connectivity index is 1.98. The fourth-order valence-electron chi connectivity index (χ4n) is 2.48. The topological polar surface area (TPSA) is 47.2 Å². The molecule has 5 heteroatoms. The fourth-order valence-corrected chi connectivity index (χ4v) is 2.48. The number of carbonyl (C=O) groups is 1. The summed E-state index contributed by atoms with van der Waals surface area (Å²) in [7, 11) is 0. The van der Waals surface area contributed by atoms with Gasteiger partial charge in [0.25, 0.3) is 5.91 Å². The molecular weight excluding hydrogens is 283 g/mol. The lowest BCUT2D eigenvalue weighted by Crippen LogP contribution is -2.26. The number of aromatic nitrogens is 1. The van der Waals surface area contributed by atoms with Gasteiger partial charge >= 0.3 is 0 Å². The Hall–Kier alpha value is -2.56. The summed E-state index contributed by atoms with van der Waals surface area (Å²) in [6, 6.07) is 9.91. The number of hydrogen-bond donors (Lipinski definition) is 1. The highest BCUT2D eigenvalue weighted by molar-refractivity contribution is 5.97. The first-order valence-electron chi connectivity index (χ1n) is 7.28. The molecule has 0 aliphatic heterocycles. The van der Waals surface area contributed by atoms with Gasteiger partial charge in [0, 0.05) is 25.2 Å². The minimum Gasteiger partial charge on any atom is -0.463 e. The molecule has 3 aromatic rings. The average Bonchev–Trinajstić information content (AvgIpc) is 3.07. The molecule has 2 aromatic heterocycles. The van der Waals surface area contributed by atoms with E-state index in [0.29, 0.717) is 24.4 Å². The van der Waals surface area contributed by atoms with Gasteiger partial charge in [0.1, 0.15) is 11.5 Å². The van der Waals surface area contributed by atoms with Crippen molar-refractivity contribution in [2.75, 3.05) is 6.54 Å². The number of halogens is 1. The predicted octanol–water partition coefficient (Wildman–Crippen LogP) is 3.56. The van der Waals surface area contributed by atoms with Crippen LogP contribution in [0, 0.1) is 5.82 Å². The number of nitrogens with zero attached hydrogens (tertiary/aromatic N) is 1. The summed E-state index contributed by atoms with van der Waals surface area (Å²) in [4.78, 5) is 12.3. The first-order chi connectivity index (χ1) is 10.7. The number of furan rings is 1. The minimum absolute atomic E-state index is 0.148. The van der Waals surface area contributed by atoms with Crippen LogP contribution in [0.3, 0.4) is 0 Å². The van der Waals surface area contributed by atoms with E-state index in [1.54, 1.807) is 18.4 Å². The summed E-state index contributed by atoms with van der Waals surface area (Å²) in [6.45, 7) is 3.03. The molecule has 4 nitrogen and oxygen atoms in total. The zero-order chi connectivity index (χ0) is 15.5. The van der Waals surface area contributed by atoms with Crippen LogP contribution in [-0.4, -0.2) is 17.0 Å². The number of hydrogen-bond acceptors (Lipinski definition) is 2. The molecule has 1 aromatic carbocycles. The second kappa shape index (κ2) is 6.05. The van der Waals surface area contributed by atoms with Crippen molar-refractivity contribution in [3.8, 4) is 0 Å². The monoisotopic (exact) mass is 300 g/mol. The SMILES string of the molecule is CCCNC(=O)c1cc2occc2n1Cc1cccc(F)c1. The van der Waals surface area contributed by atoms with Crippen molar-refractivity contribution in [2.45, 2.75) is 19.9 Å². The molecule has 1 amide bonds. The summed E-state index contributed by atoms with van der Waals surface area (Å²) >= 11 is 0. The molecule has 0 aliphatic rings. The van der Waals surface area contributed by atoms with Crippen LogP contribution in [-0.2, 0) is 6.54 Å². The Bertz CT molecular complexity index is 804. The molecule has 0 atom stereocenters. The smallest absolute Gasteiger partial charge is 0.268 e. The first-order valence-corrected chi connectivity index (χ1v) is 7.28. The van der Waals surface area contributed by atoms with E-state index in [4.69, 9.17) is 4.42 Å². The Morgan fingerprint density at radius 3 is 2.95 bits per heavy atom. The van der Waals surface area contributed by atoms with Gasteiger partial charge in [-0.15, -0.1) is 0 Å². The molecular formula is C17H17FN2O2. The molecule has 0 unspecified atom stereocenters. The number of rotatable bonds is 5. The molecule has 0 aliphatic carbocycles. The van der Waals surface area contributed by atoms with Crippen LogP contribution in [0.15, 0.2) is 47.1 Å². The van der Waals surface area contributed by atoms with Crippen LogP contribution < -0.4 is 5.32 Å². The second-order valence-corrected chi connectivity index (χ2v) is 5.17. The lowest BCUT2D eigenvalue weighted by molar-refractivity contribution is 0.0945. The highest BCUT2D eigenvalue weighted by Crippen LogP contribution is 2.22. The molecule has 0 radical (unpaired) electrons. The molecule has 114 valence electrons. The van der Waals surface area contributed by atoms with Gasteiger partial charge in [-0.3, -0.25) is 4.79 Å². The van der Waals surface area contributed by atoms with Crippen molar-refractivity contribution in [1.82, 2.24) is 9.88 Å². The van der Waals surface area contributed by atoms with Crippen LogP contribution in [0.2, 0.25) is 0 Å². The third-order valence-electron chi connectivity index (χ3n) is 3.52. The normalized spacial score (nSPS) is 11.0. The van der Waals surface area contributed by atoms with Gasteiger partial charge in [-0.1, -0.05) is 19.1 Å². The molecule has 0 spiro atoms. The quantitative estimate of drug-likeness (QED) is 0.783. The summed E-state index contributed by atoms with van der Waals surface area (Å²) in [5, 5.41) is 2.86. The van der Waals surface area contributed by atoms with Crippen molar-refractivity contribution in [1.29, 1.82) is 0 Å². The minimum atomic E-state index is -0.287. The maximum Gasteiger partial charge on any atom is 0.268 e. The molecule has 1 N–H and O–H groups in total. The fraction of sp³-hybridized carbons (Fsp3) is 0.235. The first kappa shape index (κ1) is 14.4. The Morgan fingerprint density at radius 2 is 2.18 bits per heavy atom. The van der Waals surface area contributed by atoms with E-state index < -0.39 is 0 Å². The molecule has 2 heterocycles. The van der Waals surface area contributed by atoms with Gasteiger partial charge in [0.2, 0.25) is 0 Å². The van der Waals surface area contributed by atoms with Crippen molar-refractivity contribution >= 4 is 17.0 Å². The van der Waals surface area contributed by atoms with E-state index in [-0.39, 0.29) is 11.7 Å². The average molecular weight is 300 g/mol. The van der Waals surface area contributed by atoms with Gasteiger partial charge < -0.3 is 14.3 Å². The lowest BCUT2D eigenvalue weighted by Gasteiger charge is -2.10. The van der Waals surface area contributed by atoms with E-state index in [1.807, 2.05) is 23.6 Å². The van der Waals surface area contributed by atoms with Crippen LogP contribution in [0.1, 0.15) is 29.4 Å². The van der Waals surface area contributed by atoms with E-state index in [2.05, 4.69) is 5.32 Å². The molecule has 22 heavy (non-hydrogen) atoms. The van der Waals surface area contributed by atoms with Gasteiger partial charge in [-0.25, -0.2) is 4.39 Å². The number of fused-ring (bicyclic) bond motifs is 1. The molecule has 0 bridgehead atoms. The molecule has 0 saturated carbocycles. The van der Waals surface area contributed by atoms with Gasteiger partial charge in [-0.2, -0.15) is 0 Å². The van der Waals surface area contributed by atoms with Gasteiger partial charge in [-0.05, 0) is 24.1 Å². The number of amides is 1. The summed E-state index contributed by atoms with van der Waals surface area (Å²) in [5.41, 5.74) is 2.79. The zero-order valence-electron chi connectivity index (χ0n) is 12.3. The van der Waals surface area contributed by atoms with Crippen LogP contribution >= 0.6 is 0 Å². The van der Waals surface area contributed by atoms with E-state index in [0.717, 1.165) is 17.5 Å². The van der Waals surface area contributed by atoms with E-state index in [1.165, 1.54) is 12.1 Å². The third-order valence-corrected chi connectivity index (χ3v) is 3.52. The standard InChI is InChI=1S/C17H17FN2O2/c1-2-7-19-17(21)15-10-16-14(6-8-22-16)20(15)11-12-4-3-5-13(18)9-12/h3-6,8-10H,2,7,11H2,1H3,(H,19,21). The highest BCUT2D eigenvalue weighted by atomic mass is 19.1. The maximum absolute atomic E-state index is 13.4. The third kappa shape index (κ3) is 2.74. The second-order valence-electron chi connectivity index (χ2n) is 5.17. The van der Waals surface area contributed by atoms with Crippen LogP contribution in [0.25, 0.3) is 11.1 Å². The number of benzene rings is 1. The molecule has 0 fully saturated rings. The summed E-state index contributed by atoms with van der Waals surface area (Å²) < 4.78 is 20.6. The van der Waals surface area contributed by atoms with Crippen molar-refractivity contribution in [2.24, 2.45) is 0 Å². The Labute approximate surface area is 127 Å². The Morgan fingerprint density at radius 1 is 1.32 bits per heavy atom. The highest BCUT2D eigenvalue weighted by Gasteiger charge is 2.17. The van der Waals surface area contributed by atoms with Crippen molar-refractivity contribution < 1.29 is 13.6 Å². The number of nitrogens with one attached hydrogen (secondary N) is 1. The van der Waals surface area contributed by atoms with E-state index >= 15 is 0 Å². The van der Waals surface area contributed by atoms with Crippen LogP contribution in [0.5, 0.6) is 0 Å². The number of carbonyl (C=O) groups excluding carboxylic acids is 1. The Kier molecular flexibility index (Phi) is 3.96.